The number of nitrogens with zero attached hydrogens (tertiary/aromatic N) is 2. The van der Waals surface area contributed by atoms with Gasteiger partial charge in [-0.3, -0.25) is 0 Å². The van der Waals surface area contributed by atoms with Gasteiger partial charge in [-0.2, -0.15) is 5.10 Å². The zero-order chi connectivity index (χ0) is 12.6. The lowest BCUT2D eigenvalue weighted by molar-refractivity contribution is 0.829. The van der Waals surface area contributed by atoms with E-state index in [2.05, 4.69) is 48.5 Å². The molecule has 0 spiro atoms. The molecule has 2 rings (SSSR count). The molecule has 0 aliphatic rings. The average molecular weight is 341 g/mol. The molecule has 0 saturated heterocycles. The SMILES string of the molecule is CCc1c(C)nn(-c2ccc(N)cc2I)c1C. The maximum absolute atomic E-state index is 5.77. The number of rotatable bonds is 2. The maximum atomic E-state index is 5.77. The molecule has 0 radical (unpaired) electrons. The number of hydrogen-bond acceptors (Lipinski definition) is 2. The molecule has 4 heteroatoms. The lowest BCUT2D eigenvalue weighted by Gasteiger charge is -2.08. The number of nitrogen functional groups attached to an aromatic ring is 1. The number of anilines is 1. The van der Waals surface area contributed by atoms with E-state index in [9.17, 15) is 0 Å². The molecule has 17 heavy (non-hydrogen) atoms. The molecule has 1 heterocycles. The molecule has 0 aliphatic carbocycles. The first-order chi connectivity index (χ1) is 8.04. The van der Waals surface area contributed by atoms with Crippen molar-refractivity contribution in [3.05, 3.63) is 38.7 Å². The van der Waals surface area contributed by atoms with Gasteiger partial charge in [-0.25, -0.2) is 4.68 Å². The molecule has 2 N–H and O–H groups in total. The van der Waals surface area contributed by atoms with Crippen molar-refractivity contribution >= 4 is 28.3 Å². The Morgan fingerprint density at radius 3 is 2.59 bits per heavy atom. The Morgan fingerprint density at radius 1 is 1.35 bits per heavy atom. The minimum atomic E-state index is 0.787. The molecule has 2 aromatic rings. The predicted molar refractivity (Wildman–Crippen MR) is 79.5 cm³/mol. The number of hydrogen-bond donors (Lipinski definition) is 1. The number of aromatic nitrogens is 2. The van der Waals surface area contributed by atoms with Crippen molar-refractivity contribution in [2.45, 2.75) is 27.2 Å². The summed E-state index contributed by atoms with van der Waals surface area (Å²) in [5.74, 6) is 0. The standard InChI is InChI=1S/C13H16IN3/c1-4-11-8(2)16-17(9(11)3)13-6-5-10(15)7-12(13)14/h5-7H,4,15H2,1-3H3. The van der Waals surface area contributed by atoms with Gasteiger partial charge in [0, 0.05) is 15.0 Å². The Kier molecular flexibility index (Phi) is 3.42. The number of nitrogens with two attached hydrogens (primary N) is 1. The van der Waals surface area contributed by atoms with Crippen LogP contribution in [0.25, 0.3) is 5.69 Å². The van der Waals surface area contributed by atoms with Crippen LogP contribution in [0.1, 0.15) is 23.9 Å². The van der Waals surface area contributed by atoms with E-state index < -0.39 is 0 Å². The third-order valence-corrected chi connectivity index (χ3v) is 3.86. The summed E-state index contributed by atoms with van der Waals surface area (Å²) in [5, 5.41) is 4.61. The maximum Gasteiger partial charge on any atom is 0.0783 e. The molecule has 1 aromatic heterocycles. The molecule has 0 unspecified atom stereocenters. The van der Waals surface area contributed by atoms with Crippen LogP contribution in [0.5, 0.6) is 0 Å². The topological polar surface area (TPSA) is 43.8 Å². The van der Waals surface area contributed by atoms with E-state index in [1.54, 1.807) is 0 Å². The fourth-order valence-electron chi connectivity index (χ4n) is 2.12. The molecule has 0 aliphatic heterocycles. The smallest absolute Gasteiger partial charge is 0.0783 e. The molecular formula is C13H16IN3. The minimum absolute atomic E-state index is 0.787. The van der Waals surface area contributed by atoms with Gasteiger partial charge >= 0.3 is 0 Å². The monoisotopic (exact) mass is 341 g/mol. The summed E-state index contributed by atoms with van der Waals surface area (Å²) in [6, 6.07) is 5.91. The van der Waals surface area contributed by atoms with E-state index in [-0.39, 0.29) is 0 Å². The van der Waals surface area contributed by atoms with Gasteiger partial charge in [0.05, 0.1) is 11.4 Å². The Balaban J connectivity index is 2.61. The zero-order valence-electron chi connectivity index (χ0n) is 10.3. The lowest BCUT2D eigenvalue weighted by Crippen LogP contribution is -2.02. The number of halogens is 1. The molecule has 1 aromatic carbocycles. The van der Waals surface area contributed by atoms with Gasteiger partial charge in [-0.15, -0.1) is 0 Å². The average Bonchev–Trinajstić information content (AvgIpc) is 2.54. The molecule has 0 fully saturated rings. The highest BCUT2D eigenvalue weighted by atomic mass is 127. The Morgan fingerprint density at radius 2 is 2.06 bits per heavy atom. The molecule has 0 amide bonds. The summed E-state index contributed by atoms with van der Waals surface area (Å²) in [4.78, 5) is 0. The summed E-state index contributed by atoms with van der Waals surface area (Å²) < 4.78 is 3.13. The Bertz CT molecular complexity index is 558. The first kappa shape index (κ1) is 12.4. The second kappa shape index (κ2) is 4.68. The van der Waals surface area contributed by atoms with E-state index in [1.165, 1.54) is 11.3 Å². The van der Waals surface area contributed by atoms with Crippen molar-refractivity contribution in [1.29, 1.82) is 0 Å². The second-order valence-corrected chi connectivity index (χ2v) is 5.29. The van der Waals surface area contributed by atoms with Crippen LogP contribution in [0.2, 0.25) is 0 Å². The molecule has 0 bridgehead atoms. The van der Waals surface area contributed by atoms with Crippen LogP contribution in [-0.2, 0) is 6.42 Å². The van der Waals surface area contributed by atoms with Gasteiger partial charge in [0.25, 0.3) is 0 Å². The van der Waals surface area contributed by atoms with Crippen molar-refractivity contribution in [3.8, 4) is 5.69 Å². The van der Waals surface area contributed by atoms with Crippen LogP contribution in [0, 0.1) is 17.4 Å². The van der Waals surface area contributed by atoms with E-state index >= 15 is 0 Å². The van der Waals surface area contributed by atoms with E-state index in [4.69, 9.17) is 5.73 Å². The van der Waals surface area contributed by atoms with Gasteiger partial charge in [-0.05, 0) is 66.6 Å². The van der Waals surface area contributed by atoms with Gasteiger partial charge in [0.2, 0.25) is 0 Å². The quantitative estimate of drug-likeness (QED) is 0.673. The van der Waals surface area contributed by atoms with Crippen molar-refractivity contribution < 1.29 is 0 Å². The molecule has 3 nitrogen and oxygen atoms in total. The summed E-state index contributed by atoms with van der Waals surface area (Å²) in [7, 11) is 0. The normalized spacial score (nSPS) is 10.8. The third-order valence-electron chi connectivity index (χ3n) is 2.99. The van der Waals surface area contributed by atoms with Crippen LogP contribution in [-0.4, -0.2) is 9.78 Å². The first-order valence-corrected chi connectivity index (χ1v) is 6.73. The summed E-state index contributed by atoms with van der Waals surface area (Å²) in [6.07, 6.45) is 1.02. The van der Waals surface area contributed by atoms with E-state index in [1.807, 2.05) is 22.9 Å². The highest BCUT2D eigenvalue weighted by Crippen LogP contribution is 2.23. The number of aryl methyl sites for hydroxylation is 1. The summed E-state index contributed by atoms with van der Waals surface area (Å²) in [5.41, 5.74) is 11.3. The predicted octanol–water partition coefficient (Wildman–Crippen LogP) is 3.24. The Hall–Kier alpha value is -1.04. The summed E-state index contributed by atoms with van der Waals surface area (Å²) >= 11 is 2.30. The van der Waals surface area contributed by atoms with E-state index in [0.717, 1.165) is 27.1 Å². The van der Waals surface area contributed by atoms with Crippen molar-refractivity contribution in [2.75, 3.05) is 5.73 Å². The van der Waals surface area contributed by atoms with Crippen LogP contribution in [0.3, 0.4) is 0 Å². The van der Waals surface area contributed by atoms with Crippen molar-refractivity contribution in [1.82, 2.24) is 9.78 Å². The van der Waals surface area contributed by atoms with Crippen LogP contribution in [0.15, 0.2) is 18.2 Å². The largest absolute Gasteiger partial charge is 0.399 e. The van der Waals surface area contributed by atoms with Gasteiger partial charge in [-0.1, -0.05) is 6.92 Å². The minimum Gasteiger partial charge on any atom is -0.399 e. The highest BCUT2D eigenvalue weighted by Gasteiger charge is 2.12. The van der Waals surface area contributed by atoms with Crippen LogP contribution in [0.4, 0.5) is 5.69 Å². The first-order valence-electron chi connectivity index (χ1n) is 5.65. The van der Waals surface area contributed by atoms with Gasteiger partial charge in [0.1, 0.15) is 0 Å². The van der Waals surface area contributed by atoms with Gasteiger partial charge in [0.15, 0.2) is 0 Å². The molecular weight excluding hydrogens is 325 g/mol. The van der Waals surface area contributed by atoms with Gasteiger partial charge < -0.3 is 5.73 Å². The van der Waals surface area contributed by atoms with Crippen molar-refractivity contribution in [2.24, 2.45) is 0 Å². The molecule has 0 atom stereocenters. The van der Waals surface area contributed by atoms with Crippen LogP contribution >= 0.6 is 22.6 Å². The Labute approximate surface area is 115 Å². The highest BCUT2D eigenvalue weighted by molar-refractivity contribution is 14.1. The summed E-state index contributed by atoms with van der Waals surface area (Å²) in [6.45, 7) is 6.34. The number of benzene rings is 1. The molecule has 90 valence electrons. The van der Waals surface area contributed by atoms with Crippen molar-refractivity contribution in [3.63, 3.8) is 0 Å². The van der Waals surface area contributed by atoms with Crippen LogP contribution < -0.4 is 5.73 Å². The fourth-order valence-corrected chi connectivity index (χ4v) is 2.88. The lowest BCUT2D eigenvalue weighted by atomic mass is 10.1. The fraction of sp³-hybridized carbons (Fsp3) is 0.308. The van der Waals surface area contributed by atoms with E-state index in [0.29, 0.717) is 0 Å². The molecule has 0 saturated carbocycles. The zero-order valence-corrected chi connectivity index (χ0v) is 12.4. The third kappa shape index (κ3) is 2.18. The second-order valence-electron chi connectivity index (χ2n) is 4.13.